The number of nitrogens with one attached hydrogen (secondary N) is 1. The molecule has 9 nitrogen and oxygen atoms in total. The van der Waals surface area contributed by atoms with Crippen molar-refractivity contribution in [2.75, 3.05) is 5.32 Å². The first-order valence-corrected chi connectivity index (χ1v) is 11.1. The fraction of sp³-hybridized carbons (Fsp3) is 0.375. The van der Waals surface area contributed by atoms with Crippen molar-refractivity contribution in [3.63, 3.8) is 0 Å². The number of nitrogens with zero attached hydrogens (tertiary/aromatic N) is 4. The van der Waals surface area contributed by atoms with Gasteiger partial charge in [0.05, 0.1) is 25.2 Å². The van der Waals surface area contributed by atoms with Gasteiger partial charge >= 0.3 is 0 Å². The van der Waals surface area contributed by atoms with E-state index in [1.54, 1.807) is 17.2 Å². The average Bonchev–Trinajstić information content (AvgIpc) is 3.39. The van der Waals surface area contributed by atoms with Gasteiger partial charge in [0.2, 0.25) is 11.8 Å². The molecule has 4 heterocycles. The maximum atomic E-state index is 13.2. The lowest BCUT2D eigenvalue weighted by molar-refractivity contribution is -0.115. The zero-order chi connectivity index (χ0) is 22.9. The summed E-state index contributed by atoms with van der Waals surface area (Å²) >= 11 is 0. The molecule has 5 rings (SSSR count). The monoisotopic (exact) mass is 447 g/mol. The normalized spacial score (nSPS) is 16.3. The highest BCUT2D eigenvalue weighted by Gasteiger charge is 2.34. The zero-order valence-electron chi connectivity index (χ0n) is 18.6. The zero-order valence-corrected chi connectivity index (χ0v) is 18.6. The molecule has 0 aromatic carbocycles. The first kappa shape index (κ1) is 21.1. The van der Waals surface area contributed by atoms with Crippen LogP contribution in [0.3, 0.4) is 0 Å². The van der Waals surface area contributed by atoms with Gasteiger partial charge in [0.15, 0.2) is 6.39 Å². The second-order valence-corrected chi connectivity index (χ2v) is 8.55. The van der Waals surface area contributed by atoms with E-state index in [1.807, 2.05) is 19.9 Å². The molecule has 9 heteroatoms. The molecule has 1 fully saturated rings. The van der Waals surface area contributed by atoms with Crippen LogP contribution in [-0.2, 0) is 17.8 Å². The summed E-state index contributed by atoms with van der Waals surface area (Å²) in [6, 6.07) is 3.52. The summed E-state index contributed by atoms with van der Waals surface area (Å²) in [6.07, 6.45) is 9.74. The van der Waals surface area contributed by atoms with E-state index in [1.165, 1.54) is 25.2 Å². The van der Waals surface area contributed by atoms with Crippen molar-refractivity contribution in [2.24, 2.45) is 0 Å². The highest BCUT2D eigenvalue weighted by molar-refractivity contribution is 6.01. The van der Waals surface area contributed by atoms with Gasteiger partial charge in [-0.3, -0.25) is 9.59 Å². The van der Waals surface area contributed by atoms with E-state index < -0.39 is 0 Å². The van der Waals surface area contributed by atoms with Crippen LogP contribution in [-0.4, -0.2) is 37.8 Å². The minimum absolute atomic E-state index is 0.0413. The van der Waals surface area contributed by atoms with Gasteiger partial charge in [0.25, 0.3) is 5.91 Å². The molecule has 2 amide bonds. The topological polar surface area (TPSA) is 110 Å². The minimum Gasteiger partial charge on any atom is -0.474 e. The Balaban J connectivity index is 1.31. The van der Waals surface area contributed by atoms with Crippen LogP contribution in [0, 0.1) is 6.92 Å². The van der Waals surface area contributed by atoms with Crippen LogP contribution >= 0.6 is 0 Å². The summed E-state index contributed by atoms with van der Waals surface area (Å²) in [5.74, 6) is 1.12. The molecule has 1 unspecified atom stereocenters. The van der Waals surface area contributed by atoms with E-state index in [2.05, 4.69) is 20.3 Å². The van der Waals surface area contributed by atoms with Crippen LogP contribution in [0.15, 0.2) is 41.5 Å². The van der Waals surface area contributed by atoms with Crippen molar-refractivity contribution in [3.8, 4) is 5.88 Å². The van der Waals surface area contributed by atoms with Crippen molar-refractivity contribution >= 4 is 17.6 Å². The Hall–Kier alpha value is -3.75. The number of aryl methyl sites for hydroxylation is 1. The second kappa shape index (κ2) is 8.65. The summed E-state index contributed by atoms with van der Waals surface area (Å²) < 4.78 is 11.1. The summed E-state index contributed by atoms with van der Waals surface area (Å²) in [6.45, 7) is 4.30. The highest BCUT2D eigenvalue weighted by atomic mass is 16.5. The van der Waals surface area contributed by atoms with E-state index in [9.17, 15) is 9.59 Å². The van der Waals surface area contributed by atoms with Gasteiger partial charge in [-0.1, -0.05) is 0 Å². The smallest absolute Gasteiger partial charge is 0.255 e. The van der Waals surface area contributed by atoms with E-state index in [0.717, 1.165) is 24.0 Å². The van der Waals surface area contributed by atoms with Crippen LogP contribution in [0.5, 0.6) is 5.88 Å². The molecular weight excluding hydrogens is 422 g/mol. The number of hydrogen-bond acceptors (Lipinski definition) is 7. The molecule has 2 aliphatic rings. The molecule has 1 saturated carbocycles. The van der Waals surface area contributed by atoms with Crippen LogP contribution in [0.1, 0.15) is 65.0 Å². The molecule has 170 valence electrons. The highest BCUT2D eigenvalue weighted by Crippen LogP contribution is 2.35. The summed E-state index contributed by atoms with van der Waals surface area (Å²) in [4.78, 5) is 40.0. The van der Waals surface area contributed by atoms with Gasteiger partial charge in [-0.25, -0.2) is 15.0 Å². The van der Waals surface area contributed by atoms with Crippen LogP contribution in [0.4, 0.5) is 5.82 Å². The molecular formula is C24H25N5O4. The quantitative estimate of drug-likeness (QED) is 0.589. The number of anilines is 1. The maximum Gasteiger partial charge on any atom is 0.255 e. The lowest BCUT2D eigenvalue weighted by atomic mass is 9.96. The molecule has 0 spiro atoms. The van der Waals surface area contributed by atoms with Crippen molar-refractivity contribution in [1.29, 1.82) is 0 Å². The first-order valence-electron chi connectivity index (χ1n) is 11.1. The third kappa shape index (κ3) is 4.18. The molecule has 3 aromatic heterocycles. The SMILES string of the molecule is Cc1cc(C(C)N2Cc3c(ccnc3NC(=O)Cc3cnco3)C2=O)cnc1OC1CCC1. The number of rotatable bonds is 7. The summed E-state index contributed by atoms with van der Waals surface area (Å²) in [7, 11) is 0. The van der Waals surface area contributed by atoms with E-state index in [-0.39, 0.29) is 30.4 Å². The number of carbonyl (C=O) groups excluding carboxylic acids is 2. The Morgan fingerprint density at radius 1 is 1.33 bits per heavy atom. The Morgan fingerprint density at radius 2 is 2.18 bits per heavy atom. The van der Waals surface area contributed by atoms with Gasteiger partial charge in [0, 0.05) is 29.1 Å². The third-order valence-corrected chi connectivity index (χ3v) is 6.28. The molecule has 33 heavy (non-hydrogen) atoms. The molecule has 1 N–H and O–H groups in total. The molecule has 1 aliphatic carbocycles. The first-order chi connectivity index (χ1) is 16.0. The van der Waals surface area contributed by atoms with Crippen LogP contribution in [0.2, 0.25) is 0 Å². The fourth-order valence-electron chi connectivity index (χ4n) is 4.10. The largest absolute Gasteiger partial charge is 0.474 e. The number of pyridine rings is 2. The maximum absolute atomic E-state index is 13.2. The van der Waals surface area contributed by atoms with Crippen molar-refractivity contribution in [3.05, 3.63) is 65.1 Å². The minimum atomic E-state index is -0.284. The standard InChI is InChI=1S/C24H25N5O4/c1-14-8-16(10-27-23(14)33-17-4-3-5-17)15(2)29-12-20-19(24(29)31)6-7-26-22(20)28-21(30)9-18-11-25-13-32-18/h6-8,10-11,13,15,17H,3-5,9,12H2,1-2H3,(H,26,28,30). The number of aromatic nitrogens is 3. The predicted octanol–water partition coefficient (Wildman–Crippen LogP) is 3.60. The number of fused-ring (bicyclic) bond motifs is 1. The third-order valence-electron chi connectivity index (χ3n) is 6.28. The number of oxazole rings is 1. The number of amides is 2. The Morgan fingerprint density at radius 3 is 2.88 bits per heavy atom. The molecule has 0 saturated heterocycles. The van der Waals surface area contributed by atoms with E-state index in [0.29, 0.717) is 35.1 Å². The van der Waals surface area contributed by atoms with E-state index in [4.69, 9.17) is 9.15 Å². The number of hydrogen-bond donors (Lipinski definition) is 1. The second-order valence-electron chi connectivity index (χ2n) is 8.55. The van der Waals surface area contributed by atoms with Gasteiger partial charge in [-0.05, 0) is 50.8 Å². The molecule has 0 radical (unpaired) electrons. The molecule has 0 bridgehead atoms. The average molecular weight is 447 g/mol. The van der Waals surface area contributed by atoms with Crippen molar-refractivity contribution in [1.82, 2.24) is 19.9 Å². The van der Waals surface area contributed by atoms with Gasteiger partial charge < -0.3 is 19.4 Å². The summed E-state index contributed by atoms with van der Waals surface area (Å²) in [5.41, 5.74) is 3.13. The Bertz CT molecular complexity index is 1190. The summed E-state index contributed by atoms with van der Waals surface area (Å²) in [5, 5.41) is 2.80. The van der Waals surface area contributed by atoms with Crippen LogP contribution < -0.4 is 10.1 Å². The van der Waals surface area contributed by atoms with Crippen molar-refractivity contribution < 1.29 is 18.7 Å². The lowest BCUT2D eigenvalue weighted by Gasteiger charge is -2.28. The number of ether oxygens (including phenoxy) is 1. The Kier molecular flexibility index (Phi) is 5.53. The molecule has 3 aromatic rings. The number of carbonyl (C=O) groups is 2. The Labute approximate surface area is 191 Å². The van der Waals surface area contributed by atoms with Gasteiger partial charge in [-0.2, -0.15) is 0 Å². The van der Waals surface area contributed by atoms with Gasteiger partial charge in [-0.15, -0.1) is 0 Å². The predicted molar refractivity (Wildman–Crippen MR) is 119 cm³/mol. The fourth-order valence-corrected chi connectivity index (χ4v) is 4.10. The van der Waals surface area contributed by atoms with Crippen LogP contribution in [0.25, 0.3) is 0 Å². The molecule has 1 aliphatic heterocycles. The van der Waals surface area contributed by atoms with E-state index >= 15 is 0 Å². The lowest BCUT2D eigenvalue weighted by Crippen LogP contribution is -2.28. The van der Waals surface area contributed by atoms with Gasteiger partial charge in [0.1, 0.15) is 17.7 Å². The molecule has 1 atom stereocenters. The van der Waals surface area contributed by atoms with Crippen molar-refractivity contribution in [2.45, 2.75) is 58.2 Å².